The number of anilines is 1. The third-order valence-corrected chi connectivity index (χ3v) is 3.45. The zero-order valence-corrected chi connectivity index (χ0v) is 11.2. The predicted molar refractivity (Wildman–Crippen MR) is 81.5 cm³/mol. The van der Waals surface area contributed by atoms with Gasteiger partial charge in [0.25, 0.3) is 0 Å². The van der Waals surface area contributed by atoms with E-state index < -0.39 is 0 Å². The Morgan fingerprint density at radius 3 is 2.53 bits per heavy atom. The van der Waals surface area contributed by atoms with Gasteiger partial charge in [-0.3, -0.25) is 0 Å². The first-order chi connectivity index (χ1) is 8.40. The molecule has 3 heteroatoms. The molecule has 88 valence electrons. The summed E-state index contributed by atoms with van der Waals surface area (Å²) < 4.78 is 0. The lowest BCUT2D eigenvalue weighted by Crippen LogP contribution is -2.06. The maximum absolute atomic E-state index is 4.17. The van der Waals surface area contributed by atoms with E-state index in [1.54, 1.807) is 10.8 Å². The largest absolute Gasteiger partial charge is 0.324 e. The quantitative estimate of drug-likeness (QED) is 0.639. The minimum Gasteiger partial charge on any atom is -0.324 e. The second-order valence-electron chi connectivity index (χ2n) is 3.73. The van der Waals surface area contributed by atoms with Crippen LogP contribution in [0.3, 0.4) is 0 Å². The van der Waals surface area contributed by atoms with Crippen molar-refractivity contribution in [3.05, 3.63) is 66.5 Å². The van der Waals surface area contributed by atoms with Crippen molar-refractivity contribution in [1.29, 1.82) is 0 Å². The van der Waals surface area contributed by atoms with Crippen LogP contribution in [0.15, 0.2) is 61.0 Å². The van der Waals surface area contributed by atoms with Crippen molar-refractivity contribution in [2.24, 2.45) is 0 Å². The minimum atomic E-state index is 1.04. The first-order valence-electron chi connectivity index (χ1n) is 5.55. The molecule has 0 unspecified atom stereocenters. The fraction of sp³-hybridized carbons (Fsp3) is 0.143. The summed E-state index contributed by atoms with van der Waals surface area (Å²) in [5.74, 6) is 1.04. The first kappa shape index (κ1) is 12.4. The average Bonchev–Trinajstić information content (AvgIpc) is 2.65. The molecule has 0 radical (unpaired) electrons. The second kappa shape index (κ2) is 6.62. The summed E-state index contributed by atoms with van der Waals surface area (Å²) in [4.78, 5) is 2.12. The second-order valence-corrected chi connectivity index (χ2v) is 5.17. The third-order valence-electron chi connectivity index (χ3n) is 2.52. The highest BCUT2D eigenvalue weighted by atomic mass is 33.1. The molecule has 0 amide bonds. The molecule has 1 aromatic rings. The third kappa shape index (κ3) is 3.72. The number of hydrogen-bond acceptors (Lipinski definition) is 3. The van der Waals surface area contributed by atoms with Gasteiger partial charge < -0.3 is 4.90 Å². The molecule has 0 bridgehead atoms. The van der Waals surface area contributed by atoms with Crippen LogP contribution in [-0.2, 0) is 6.42 Å². The van der Waals surface area contributed by atoms with Crippen LogP contribution < -0.4 is 4.90 Å². The van der Waals surface area contributed by atoms with Crippen LogP contribution >= 0.6 is 22.5 Å². The van der Waals surface area contributed by atoms with E-state index >= 15 is 0 Å². The van der Waals surface area contributed by atoms with E-state index in [4.69, 9.17) is 0 Å². The maximum Gasteiger partial charge on any atom is 0.0452 e. The van der Waals surface area contributed by atoms with Crippen molar-refractivity contribution < 1.29 is 0 Å². The van der Waals surface area contributed by atoms with Crippen molar-refractivity contribution >= 4 is 28.1 Å². The van der Waals surface area contributed by atoms with E-state index in [9.17, 15) is 0 Å². The Labute approximate surface area is 112 Å². The molecule has 1 aromatic carbocycles. The van der Waals surface area contributed by atoms with Crippen LogP contribution in [0.4, 0.5) is 5.69 Å². The predicted octanol–water partition coefficient (Wildman–Crippen LogP) is 4.21. The summed E-state index contributed by atoms with van der Waals surface area (Å²) in [5, 5.41) is 0. The summed E-state index contributed by atoms with van der Waals surface area (Å²) in [5.41, 5.74) is 2.55. The zero-order valence-electron chi connectivity index (χ0n) is 9.49. The molecule has 1 aliphatic rings. The summed E-state index contributed by atoms with van der Waals surface area (Å²) in [6.07, 6.45) is 13.3. The average molecular weight is 261 g/mol. The molecule has 17 heavy (non-hydrogen) atoms. The Balaban J connectivity index is 2.15. The number of thiol groups is 1. The van der Waals surface area contributed by atoms with Gasteiger partial charge in [-0.1, -0.05) is 35.1 Å². The van der Waals surface area contributed by atoms with Crippen molar-refractivity contribution in [1.82, 2.24) is 0 Å². The molecule has 0 aromatic heterocycles. The number of aryl methyl sites for hydroxylation is 1. The van der Waals surface area contributed by atoms with Gasteiger partial charge in [0.05, 0.1) is 0 Å². The highest BCUT2D eigenvalue weighted by Crippen LogP contribution is 2.19. The molecule has 1 nitrogen and oxygen atoms in total. The van der Waals surface area contributed by atoms with Crippen LogP contribution in [0, 0.1) is 0 Å². The molecule has 1 heterocycles. The molecular formula is C14H15NS2. The molecular weight excluding hydrogens is 246 g/mol. The summed E-state index contributed by atoms with van der Waals surface area (Å²) >= 11 is 4.17. The summed E-state index contributed by atoms with van der Waals surface area (Å²) in [6.45, 7) is 0. The molecule has 0 N–H and O–H groups in total. The van der Waals surface area contributed by atoms with Gasteiger partial charge in [0.15, 0.2) is 0 Å². The van der Waals surface area contributed by atoms with Gasteiger partial charge in [0, 0.05) is 23.8 Å². The highest BCUT2D eigenvalue weighted by molar-refractivity contribution is 8.68. The summed E-state index contributed by atoms with van der Waals surface area (Å²) in [7, 11) is 1.58. The van der Waals surface area contributed by atoms with Gasteiger partial charge in [-0.2, -0.15) is 0 Å². The Kier molecular flexibility index (Phi) is 4.83. The lowest BCUT2D eigenvalue weighted by molar-refractivity contribution is 1.15. The van der Waals surface area contributed by atoms with E-state index in [1.807, 2.05) is 24.3 Å². The smallest absolute Gasteiger partial charge is 0.0452 e. The Bertz CT molecular complexity index is 433. The first-order valence-corrected chi connectivity index (χ1v) is 7.59. The van der Waals surface area contributed by atoms with Gasteiger partial charge in [-0.25, -0.2) is 0 Å². The zero-order chi connectivity index (χ0) is 11.9. The molecule has 0 saturated heterocycles. The number of benzene rings is 1. The van der Waals surface area contributed by atoms with Crippen LogP contribution in [0.2, 0.25) is 0 Å². The molecule has 0 aliphatic carbocycles. The Morgan fingerprint density at radius 1 is 1.06 bits per heavy atom. The van der Waals surface area contributed by atoms with Crippen LogP contribution in [-0.4, -0.2) is 5.75 Å². The minimum absolute atomic E-state index is 1.04. The van der Waals surface area contributed by atoms with Crippen LogP contribution in [0.25, 0.3) is 0 Å². The normalized spacial score (nSPS) is 14.1. The van der Waals surface area contributed by atoms with Gasteiger partial charge in [-0.05, 0) is 36.3 Å². The van der Waals surface area contributed by atoms with Crippen molar-refractivity contribution in [3.8, 4) is 0 Å². The van der Waals surface area contributed by atoms with Gasteiger partial charge >= 0.3 is 0 Å². The molecule has 0 saturated carbocycles. The van der Waals surface area contributed by atoms with E-state index in [-0.39, 0.29) is 0 Å². The lowest BCUT2D eigenvalue weighted by atomic mass is 10.1. The SMILES string of the molecule is SSCCc1cccc(N2C=CC=CC=C2)c1. The van der Waals surface area contributed by atoms with Crippen LogP contribution in [0.1, 0.15) is 5.56 Å². The number of rotatable bonds is 4. The van der Waals surface area contributed by atoms with Gasteiger partial charge in [0.1, 0.15) is 0 Å². The topological polar surface area (TPSA) is 3.24 Å². The van der Waals surface area contributed by atoms with Crippen LogP contribution in [0.5, 0.6) is 0 Å². The number of nitrogens with zero attached hydrogens (tertiary/aromatic N) is 1. The fourth-order valence-corrected chi connectivity index (χ4v) is 2.27. The maximum atomic E-state index is 4.17. The summed E-state index contributed by atoms with van der Waals surface area (Å²) in [6, 6.07) is 8.62. The molecule has 0 spiro atoms. The van der Waals surface area contributed by atoms with Gasteiger partial charge in [0.2, 0.25) is 0 Å². The van der Waals surface area contributed by atoms with E-state index in [2.05, 4.69) is 53.2 Å². The Morgan fingerprint density at radius 2 is 1.82 bits per heavy atom. The van der Waals surface area contributed by atoms with Crippen molar-refractivity contribution in [2.75, 3.05) is 10.7 Å². The van der Waals surface area contributed by atoms with E-state index in [0.29, 0.717) is 0 Å². The molecule has 0 fully saturated rings. The van der Waals surface area contributed by atoms with Crippen molar-refractivity contribution in [2.45, 2.75) is 6.42 Å². The number of hydrogen-bond donors (Lipinski definition) is 1. The monoisotopic (exact) mass is 261 g/mol. The molecule has 2 rings (SSSR count). The number of allylic oxidation sites excluding steroid dienone is 4. The standard InChI is InChI=1S/C14H15NS2/c16-17-11-8-13-6-5-7-14(12-13)15-9-3-1-2-4-10-15/h1-7,9-10,12,16H,8,11H2. The van der Waals surface area contributed by atoms with E-state index in [0.717, 1.165) is 12.2 Å². The van der Waals surface area contributed by atoms with Gasteiger partial charge in [-0.15, -0.1) is 11.7 Å². The molecule has 1 aliphatic heterocycles. The van der Waals surface area contributed by atoms with E-state index in [1.165, 1.54) is 11.3 Å². The van der Waals surface area contributed by atoms with Crippen molar-refractivity contribution in [3.63, 3.8) is 0 Å². The fourth-order valence-electron chi connectivity index (χ4n) is 1.67. The highest BCUT2D eigenvalue weighted by Gasteiger charge is 2.01. The molecule has 0 atom stereocenters. The lowest BCUT2D eigenvalue weighted by Gasteiger charge is -2.15. The Hall–Kier alpha value is -1.06.